The molecule has 1 aromatic carbocycles. The van der Waals surface area contributed by atoms with Crippen molar-refractivity contribution in [3.8, 4) is 5.75 Å². The van der Waals surface area contributed by atoms with Crippen LogP contribution in [-0.4, -0.2) is 32.1 Å². The Morgan fingerprint density at radius 1 is 1.16 bits per heavy atom. The van der Waals surface area contributed by atoms with Gasteiger partial charge in [-0.25, -0.2) is 0 Å². The Hall–Kier alpha value is -2.04. The second-order valence-electron chi connectivity index (χ2n) is 7.11. The molecular weight excluding hydrogens is 318 g/mol. The van der Waals surface area contributed by atoms with Gasteiger partial charge in [-0.15, -0.1) is 0 Å². The molecule has 0 saturated heterocycles. The van der Waals surface area contributed by atoms with E-state index in [1.165, 1.54) is 7.11 Å². The van der Waals surface area contributed by atoms with E-state index < -0.39 is 0 Å². The van der Waals surface area contributed by atoms with Gasteiger partial charge in [-0.1, -0.05) is 26.7 Å². The maximum atomic E-state index is 12.3. The lowest BCUT2D eigenvalue weighted by Crippen LogP contribution is -2.37. The van der Waals surface area contributed by atoms with Crippen LogP contribution in [0.1, 0.15) is 49.9 Å². The molecule has 2 rings (SSSR count). The summed E-state index contributed by atoms with van der Waals surface area (Å²) < 4.78 is 10.5. The summed E-state index contributed by atoms with van der Waals surface area (Å²) in [7, 11) is 1.43. The molecule has 0 aromatic heterocycles. The first-order valence-corrected chi connectivity index (χ1v) is 9.10. The maximum absolute atomic E-state index is 12.3. The van der Waals surface area contributed by atoms with Crippen LogP contribution >= 0.6 is 0 Å². The van der Waals surface area contributed by atoms with Gasteiger partial charge in [0.1, 0.15) is 5.75 Å². The number of rotatable bonds is 7. The van der Waals surface area contributed by atoms with Crippen molar-refractivity contribution in [3.05, 3.63) is 29.8 Å². The lowest BCUT2D eigenvalue weighted by atomic mass is 9.79. The number of hydrogen-bond donors (Lipinski definition) is 1. The summed E-state index contributed by atoms with van der Waals surface area (Å²) in [5.74, 6) is 0.990. The van der Waals surface area contributed by atoms with Crippen molar-refractivity contribution in [3.63, 3.8) is 0 Å². The number of amides is 1. The van der Waals surface area contributed by atoms with Crippen molar-refractivity contribution >= 4 is 11.9 Å². The first-order valence-electron chi connectivity index (χ1n) is 9.10. The van der Waals surface area contributed by atoms with Crippen molar-refractivity contribution in [1.29, 1.82) is 0 Å². The Morgan fingerprint density at radius 2 is 1.84 bits per heavy atom. The van der Waals surface area contributed by atoms with E-state index in [2.05, 4.69) is 19.2 Å². The molecule has 2 unspecified atom stereocenters. The highest BCUT2D eigenvalue weighted by Gasteiger charge is 2.31. The van der Waals surface area contributed by atoms with Crippen LogP contribution in [0.3, 0.4) is 0 Å². The molecule has 2 atom stereocenters. The fourth-order valence-corrected chi connectivity index (χ4v) is 3.20. The molecule has 25 heavy (non-hydrogen) atoms. The van der Waals surface area contributed by atoms with Crippen molar-refractivity contribution < 1.29 is 19.1 Å². The smallest absolute Gasteiger partial charge is 0.309 e. The zero-order chi connectivity index (χ0) is 18.2. The van der Waals surface area contributed by atoms with Gasteiger partial charge in [-0.2, -0.15) is 0 Å². The molecular formula is C20H29NO4. The molecule has 1 fully saturated rings. The third kappa shape index (κ3) is 5.76. The van der Waals surface area contributed by atoms with Gasteiger partial charge < -0.3 is 14.8 Å². The number of carbonyl (C=O) groups excluding carboxylic acids is 2. The van der Waals surface area contributed by atoms with E-state index in [0.29, 0.717) is 24.6 Å². The van der Waals surface area contributed by atoms with Crippen LogP contribution in [0.5, 0.6) is 5.75 Å². The second-order valence-corrected chi connectivity index (χ2v) is 7.11. The summed E-state index contributed by atoms with van der Waals surface area (Å²) in [5.41, 5.74) is 0.599. The largest absolute Gasteiger partial charge is 0.493 e. The molecule has 1 amide bonds. The zero-order valence-corrected chi connectivity index (χ0v) is 15.4. The standard InChI is InChI=1S/C20H29NO4/c1-14(2)13-25-17-10-8-15(9-11-17)19(22)21-12-16-6-4-5-7-18(16)20(23)24-3/h8-11,14,16,18H,4-7,12-13H2,1-3H3,(H,21,22). The Labute approximate surface area is 150 Å². The molecule has 1 aromatic rings. The minimum absolute atomic E-state index is 0.106. The number of benzene rings is 1. The van der Waals surface area contributed by atoms with Gasteiger partial charge in [0.15, 0.2) is 0 Å². The van der Waals surface area contributed by atoms with E-state index in [4.69, 9.17) is 9.47 Å². The summed E-state index contributed by atoms with van der Waals surface area (Å²) in [6, 6.07) is 7.16. The zero-order valence-electron chi connectivity index (χ0n) is 15.4. The Bertz CT molecular complexity index is 568. The van der Waals surface area contributed by atoms with Crippen LogP contribution < -0.4 is 10.1 Å². The Kier molecular flexibility index (Phi) is 7.29. The molecule has 0 aliphatic heterocycles. The SMILES string of the molecule is COC(=O)C1CCCCC1CNC(=O)c1ccc(OCC(C)C)cc1. The lowest BCUT2D eigenvalue weighted by molar-refractivity contribution is -0.148. The minimum atomic E-state index is -0.161. The van der Waals surface area contributed by atoms with E-state index >= 15 is 0 Å². The van der Waals surface area contributed by atoms with Crippen LogP contribution in [0, 0.1) is 17.8 Å². The predicted molar refractivity (Wildman–Crippen MR) is 96.6 cm³/mol. The molecule has 5 nitrogen and oxygen atoms in total. The van der Waals surface area contributed by atoms with E-state index in [9.17, 15) is 9.59 Å². The maximum Gasteiger partial charge on any atom is 0.309 e. The van der Waals surface area contributed by atoms with Crippen molar-refractivity contribution in [2.75, 3.05) is 20.3 Å². The fourth-order valence-electron chi connectivity index (χ4n) is 3.20. The monoisotopic (exact) mass is 347 g/mol. The number of ether oxygens (including phenoxy) is 2. The Balaban J connectivity index is 1.87. The van der Waals surface area contributed by atoms with Crippen molar-refractivity contribution in [2.45, 2.75) is 39.5 Å². The molecule has 0 bridgehead atoms. The van der Waals surface area contributed by atoms with Crippen LogP contribution in [-0.2, 0) is 9.53 Å². The average Bonchev–Trinajstić information content (AvgIpc) is 2.64. The highest BCUT2D eigenvalue weighted by atomic mass is 16.5. The van der Waals surface area contributed by atoms with Gasteiger partial charge in [0.2, 0.25) is 0 Å². The van der Waals surface area contributed by atoms with E-state index in [0.717, 1.165) is 31.4 Å². The van der Waals surface area contributed by atoms with Gasteiger partial charge >= 0.3 is 5.97 Å². The normalized spacial score (nSPS) is 20.2. The summed E-state index contributed by atoms with van der Waals surface area (Å²) in [6.45, 7) is 5.34. The highest BCUT2D eigenvalue weighted by molar-refractivity contribution is 5.94. The summed E-state index contributed by atoms with van der Waals surface area (Å²) >= 11 is 0. The van der Waals surface area contributed by atoms with Gasteiger partial charge in [0.05, 0.1) is 19.6 Å². The first kappa shape index (κ1) is 19.3. The number of carbonyl (C=O) groups is 2. The molecule has 1 N–H and O–H groups in total. The van der Waals surface area contributed by atoms with Crippen LogP contribution in [0.4, 0.5) is 0 Å². The van der Waals surface area contributed by atoms with Crippen LogP contribution in [0.15, 0.2) is 24.3 Å². The molecule has 138 valence electrons. The van der Waals surface area contributed by atoms with Gasteiger partial charge in [0.25, 0.3) is 5.91 Å². The second kappa shape index (κ2) is 9.44. The number of nitrogens with one attached hydrogen (secondary N) is 1. The third-order valence-corrected chi connectivity index (χ3v) is 4.64. The third-order valence-electron chi connectivity index (χ3n) is 4.64. The topological polar surface area (TPSA) is 64.6 Å². The molecule has 0 spiro atoms. The predicted octanol–water partition coefficient (Wildman–Crippen LogP) is 3.43. The van der Waals surface area contributed by atoms with Crippen molar-refractivity contribution in [2.24, 2.45) is 17.8 Å². The average molecular weight is 347 g/mol. The molecule has 1 aliphatic carbocycles. The summed E-state index contributed by atoms with van der Waals surface area (Å²) in [4.78, 5) is 24.2. The quantitative estimate of drug-likeness (QED) is 0.768. The molecule has 1 aliphatic rings. The number of esters is 1. The fraction of sp³-hybridized carbons (Fsp3) is 0.600. The van der Waals surface area contributed by atoms with Crippen LogP contribution in [0.25, 0.3) is 0 Å². The van der Waals surface area contributed by atoms with E-state index in [1.807, 2.05) is 12.1 Å². The molecule has 1 saturated carbocycles. The van der Waals surface area contributed by atoms with Crippen LogP contribution in [0.2, 0.25) is 0 Å². The minimum Gasteiger partial charge on any atom is -0.493 e. The van der Waals surface area contributed by atoms with Gasteiger partial charge in [-0.05, 0) is 48.9 Å². The molecule has 5 heteroatoms. The summed E-state index contributed by atoms with van der Waals surface area (Å²) in [5, 5.41) is 2.96. The van der Waals surface area contributed by atoms with E-state index in [1.54, 1.807) is 12.1 Å². The molecule has 0 heterocycles. The Morgan fingerprint density at radius 3 is 2.48 bits per heavy atom. The number of methoxy groups -OCH3 is 1. The van der Waals surface area contributed by atoms with Gasteiger partial charge in [0, 0.05) is 12.1 Å². The number of hydrogen-bond acceptors (Lipinski definition) is 4. The molecule has 0 radical (unpaired) electrons. The first-order chi connectivity index (χ1) is 12.0. The van der Waals surface area contributed by atoms with E-state index in [-0.39, 0.29) is 23.7 Å². The summed E-state index contributed by atoms with van der Waals surface area (Å²) in [6.07, 6.45) is 3.93. The van der Waals surface area contributed by atoms with Crippen molar-refractivity contribution in [1.82, 2.24) is 5.32 Å². The highest BCUT2D eigenvalue weighted by Crippen LogP contribution is 2.30. The van der Waals surface area contributed by atoms with Gasteiger partial charge in [-0.3, -0.25) is 9.59 Å². The lowest BCUT2D eigenvalue weighted by Gasteiger charge is -2.29.